The quantitative estimate of drug-likeness (QED) is 0.575. The highest BCUT2D eigenvalue weighted by Gasteiger charge is 2.07. The zero-order valence-corrected chi connectivity index (χ0v) is 6.55. The minimum Gasteiger partial charge on any atom is -0.348 e. The number of Topliss-reactive ketones (excluding diaryl/α,β-unsaturated/α-hetero) is 1. The van der Waals surface area contributed by atoms with E-state index in [9.17, 15) is 9.59 Å². The second-order valence-electron chi connectivity index (χ2n) is 2.30. The van der Waals surface area contributed by atoms with Crippen LogP contribution in [0.2, 0.25) is 0 Å². The third kappa shape index (κ3) is 4.09. The van der Waals surface area contributed by atoms with Crippen LogP contribution in [0.5, 0.6) is 0 Å². The van der Waals surface area contributed by atoms with E-state index in [1.165, 1.54) is 6.92 Å². The summed E-state index contributed by atoms with van der Waals surface area (Å²) in [5.41, 5.74) is 0. The maximum atomic E-state index is 10.6. The van der Waals surface area contributed by atoms with Crippen molar-refractivity contribution in [1.82, 2.24) is 5.32 Å². The van der Waals surface area contributed by atoms with E-state index in [-0.39, 0.29) is 12.5 Å². The lowest BCUT2D eigenvalue weighted by Crippen LogP contribution is -2.32. The van der Waals surface area contributed by atoms with E-state index in [2.05, 4.69) is 5.32 Å². The zero-order chi connectivity index (χ0) is 8.85. The van der Waals surface area contributed by atoms with Gasteiger partial charge in [0.05, 0.1) is 12.0 Å². The highest BCUT2D eigenvalue weighted by atomic mass is 16.2. The molecule has 11 heavy (non-hydrogen) atoms. The first kappa shape index (κ1) is 9.63. The fourth-order valence-electron chi connectivity index (χ4n) is 0.416. The van der Waals surface area contributed by atoms with Gasteiger partial charge in [0.1, 0.15) is 0 Å². The molecule has 4 heteroatoms. The van der Waals surface area contributed by atoms with Gasteiger partial charge in [-0.05, 0) is 6.92 Å². The Labute approximate surface area is 65.2 Å². The third-order valence-corrected chi connectivity index (χ3v) is 1.11. The lowest BCUT2D eigenvalue weighted by molar-refractivity contribution is -0.136. The Hall–Kier alpha value is -1.37. The maximum absolute atomic E-state index is 10.6. The van der Waals surface area contributed by atoms with E-state index in [1.807, 2.05) is 6.07 Å². The number of nitriles is 1. The highest BCUT2D eigenvalue weighted by molar-refractivity contribution is 6.35. The molecular formula is C7H10N2O2. The van der Waals surface area contributed by atoms with Crippen molar-refractivity contribution >= 4 is 11.7 Å². The molecule has 0 aliphatic heterocycles. The fourth-order valence-corrected chi connectivity index (χ4v) is 0.416. The zero-order valence-electron chi connectivity index (χ0n) is 6.55. The number of rotatable bonds is 3. The lowest BCUT2D eigenvalue weighted by atomic mass is 10.2. The Kier molecular flexibility index (Phi) is 3.89. The molecule has 0 saturated carbocycles. The number of carbonyl (C=O) groups is 2. The highest BCUT2D eigenvalue weighted by Crippen LogP contribution is 1.86. The van der Waals surface area contributed by atoms with Gasteiger partial charge in [-0.2, -0.15) is 5.26 Å². The Morgan fingerprint density at radius 3 is 2.55 bits per heavy atom. The predicted octanol–water partition coefficient (Wildman–Crippen LogP) is -0.149. The van der Waals surface area contributed by atoms with Gasteiger partial charge in [0, 0.05) is 13.5 Å². The molecule has 1 N–H and O–H groups in total. The van der Waals surface area contributed by atoms with Crippen molar-refractivity contribution in [1.29, 1.82) is 5.26 Å². The Bertz CT molecular complexity index is 205. The summed E-state index contributed by atoms with van der Waals surface area (Å²) in [4.78, 5) is 20.9. The van der Waals surface area contributed by atoms with E-state index in [0.29, 0.717) is 0 Å². The molecule has 0 aliphatic carbocycles. The number of carbonyl (C=O) groups excluding carboxylic acids is 2. The van der Waals surface area contributed by atoms with Crippen LogP contribution in [0.25, 0.3) is 0 Å². The minimum atomic E-state index is -0.632. The number of amides is 1. The molecule has 1 amide bonds. The summed E-state index contributed by atoms with van der Waals surface area (Å²) in [5.74, 6) is -1.42. The molecule has 0 rings (SSSR count). The van der Waals surface area contributed by atoms with Crippen LogP contribution in [-0.2, 0) is 9.59 Å². The van der Waals surface area contributed by atoms with Gasteiger partial charge in [0.25, 0.3) is 5.91 Å². The average molecular weight is 154 g/mol. The fraction of sp³-hybridized carbons (Fsp3) is 0.571. The van der Waals surface area contributed by atoms with E-state index >= 15 is 0 Å². The van der Waals surface area contributed by atoms with Crippen molar-refractivity contribution in [3.8, 4) is 6.07 Å². The second kappa shape index (κ2) is 4.45. The van der Waals surface area contributed by atoms with Crippen LogP contribution < -0.4 is 5.32 Å². The molecule has 0 saturated heterocycles. The monoisotopic (exact) mass is 154 g/mol. The van der Waals surface area contributed by atoms with Crippen molar-refractivity contribution in [2.24, 2.45) is 5.92 Å². The third-order valence-electron chi connectivity index (χ3n) is 1.11. The molecule has 0 aliphatic rings. The SMILES string of the molecule is CC(=O)C(=O)NCC(C)C#N. The largest absolute Gasteiger partial charge is 0.348 e. The average Bonchev–Trinajstić information content (AvgIpc) is 1.99. The smallest absolute Gasteiger partial charge is 0.287 e. The molecular weight excluding hydrogens is 144 g/mol. The van der Waals surface area contributed by atoms with E-state index in [4.69, 9.17) is 5.26 Å². The molecule has 60 valence electrons. The first-order valence-electron chi connectivity index (χ1n) is 3.26. The van der Waals surface area contributed by atoms with Crippen LogP contribution in [-0.4, -0.2) is 18.2 Å². The minimum absolute atomic E-state index is 0.231. The number of nitrogens with zero attached hydrogens (tertiary/aromatic N) is 1. The summed E-state index contributed by atoms with van der Waals surface area (Å²) >= 11 is 0. The van der Waals surface area contributed by atoms with Gasteiger partial charge in [0.2, 0.25) is 5.78 Å². The molecule has 0 aromatic carbocycles. The molecule has 0 aromatic rings. The summed E-state index contributed by atoms with van der Waals surface area (Å²) < 4.78 is 0. The van der Waals surface area contributed by atoms with Crippen LogP contribution >= 0.6 is 0 Å². The molecule has 0 bridgehead atoms. The van der Waals surface area contributed by atoms with Crippen molar-refractivity contribution in [2.75, 3.05) is 6.54 Å². The van der Waals surface area contributed by atoms with Gasteiger partial charge >= 0.3 is 0 Å². The van der Waals surface area contributed by atoms with Gasteiger partial charge in [0.15, 0.2) is 0 Å². The molecule has 0 radical (unpaired) electrons. The van der Waals surface area contributed by atoms with E-state index in [1.54, 1.807) is 6.92 Å². The van der Waals surface area contributed by atoms with Gasteiger partial charge in [-0.25, -0.2) is 0 Å². The van der Waals surface area contributed by atoms with Crippen molar-refractivity contribution in [3.05, 3.63) is 0 Å². The first-order valence-corrected chi connectivity index (χ1v) is 3.26. The van der Waals surface area contributed by atoms with Gasteiger partial charge in [-0.15, -0.1) is 0 Å². The van der Waals surface area contributed by atoms with E-state index < -0.39 is 11.7 Å². The van der Waals surface area contributed by atoms with Crippen molar-refractivity contribution < 1.29 is 9.59 Å². The van der Waals surface area contributed by atoms with Crippen molar-refractivity contribution in [2.45, 2.75) is 13.8 Å². The molecule has 1 unspecified atom stereocenters. The first-order chi connectivity index (χ1) is 5.07. The topological polar surface area (TPSA) is 70.0 Å². The van der Waals surface area contributed by atoms with Crippen LogP contribution in [0.4, 0.5) is 0 Å². The number of hydrogen-bond acceptors (Lipinski definition) is 3. The van der Waals surface area contributed by atoms with Gasteiger partial charge in [-0.3, -0.25) is 9.59 Å². The standard InChI is InChI=1S/C7H10N2O2/c1-5(3-8)4-9-7(11)6(2)10/h5H,4H2,1-2H3,(H,9,11). The van der Waals surface area contributed by atoms with Crippen LogP contribution in [0.15, 0.2) is 0 Å². The molecule has 0 spiro atoms. The summed E-state index contributed by atoms with van der Waals surface area (Å²) in [7, 11) is 0. The van der Waals surface area contributed by atoms with Gasteiger partial charge < -0.3 is 5.32 Å². The summed E-state index contributed by atoms with van der Waals surface area (Å²) in [5, 5.41) is 10.6. The lowest BCUT2D eigenvalue weighted by Gasteiger charge is -2.02. The second-order valence-corrected chi connectivity index (χ2v) is 2.30. The summed E-state index contributed by atoms with van der Waals surface area (Å²) in [6.07, 6.45) is 0. The molecule has 0 heterocycles. The molecule has 4 nitrogen and oxygen atoms in total. The Balaban J connectivity index is 3.65. The van der Waals surface area contributed by atoms with E-state index in [0.717, 1.165) is 0 Å². The number of ketones is 1. The van der Waals surface area contributed by atoms with Crippen LogP contribution in [0.3, 0.4) is 0 Å². The Morgan fingerprint density at radius 1 is 1.64 bits per heavy atom. The maximum Gasteiger partial charge on any atom is 0.287 e. The Morgan fingerprint density at radius 2 is 2.18 bits per heavy atom. The number of nitrogens with one attached hydrogen (secondary N) is 1. The van der Waals surface area contributed by atoms with Crippen LogP contribution in [0, 0.1) is 17.2 Å². The molecule has 0 aromatic heterocycles. The summed E-state index contributed by atoms with van der Waals surface area (Å²) in [6, 6.07) is 1.93. The predicted molar refractivity (Wildman–Crippen MR) is 38.5 cm³/mol. The normalized spacial score (nSPS) is 11.4. The number of hydrogen-bond donors (Lipinski definition) is 1. The molecule has 0 fully saturated rings. The van der Waals surface area contributed by atoms with Crippen LogP contribution in [0.1, 0.15) is 13.8 Å². The van der Waals surface area contributed by atoms with Gasteiger partial charge in [-0.1, -0.05) is 0 Å². The van der Waals surface area contributed by atoms with Crippen molar-refractivity contribution in [3.63, 3.8) is 0 Å². The summed E-state index contributed by atoms with van der Waals surface area (Å²) in [6.45, 7) is 3.09. The molecule has 1 atom stereocenters.